The highest BCUT2D eigenvalue weighted by molar-refractivity contribution is 5.92. The van der Waals surface area contributed by atoms with E-state index in [0.717, 1.165) is 25.8 Å². The van der Waals surface area contributed by atoms with Crippen molar-refractivity contribution in [2.45, 2.75) is 56.5 Å². The van der Waals surface area contributed by atoms with Crippen LogP contribution in [-0.2, 0) is 9.53 Å². The SMILES string of the molecule is CN1CC[C@H]2[C@@H]3C(=O)C4C(OC(=O)c5ccccc5)C5C[C@@H]6N2C1CC[C@@]63[C@H]4C5. The van der Waals surface area contributed by atoms with Gasteiger partial charge in [0.25, 0.3) is 0 Å². The normalized spacial score (nSPS) is 49.5. The maximum absolute atomic E-state index is 13.9. The minimum absolute atomic E-state index is 0.0546. The van der Waals surface area contributed by atoms with E-state index in [9.17, 15) is 9.59 Å². The van der Waals surface area contributed by atoms with Crippen LogP contribution in [0.4, 0.5) is 0 Å². The number of carbonyl (C=O) groups excluding carboxylic acids is 2. The topological polar surface area (TPSA) is 49.9 Å². The molecule has 9 atom stereocenters. The third-order valence-electron chi connectivity index (χ3n) is 9.71. The number of esters is 1. The summed E-state index contributed by atoms with van der Waals surface area (Å²) in [5.41, 5.74) is 0.760. The van der Waals surface area contributed by atoms with Crippen molar-refractivity contribution in [2.75, 3.05) is 13.6 Å². The maximum atomic E-state index is 13.9. The molecule has 1 spiro atoms. The van der Waals surface area contributed by atoms with Crippen molar-refractivity contribution in [2.24, 2.45) is 29.1 Å². The third kappa shape index (κ3) is 1.86. The van der Waals surface area contributed by atoms with E-state index in [1.807, 2.05) is 30.3 Å². The zero-order valence-electron chi connectivity index (χ0n) is 16.9. The van der Waals surface area contributed by atoms with E-state index in [4.69, 9.17) is 4.74 Å². The van der Waals surface area contributed by atoms with Crippen LogP contribution in [0.1, 0.15) is 42.5 Å². The largest absolute Gasteiger partial charge is 0.458 e. The van der Waals surface area contributed by atoms with Gasteiger partial charge in [-0.3, -0.25) is 14.6 Å². The fraction of sp³-hybridized carbons (Fsp3) is 0.667. The molecule has 4 unspecified atom stereocenters. The van der Waals surface area contributed by atoms with Gasteiger partial charge in [0.1, 0.15) is 11.9 Å². The summed E-state index contributed by atoms with van der Waals surface area (Å²) in [5, 5.41) is 0. The molecule has 3 aliphatic carbocycles. The molecule has 3 heterocycles. The molecule has 5 nitrogen and oxygen atoms in total. The average Bonchev–Trinajstić information content (AvgIpc) is 3.27. The Balaban J connectivity index is 1.28. The number of fused-ring (bicyclic) bond motifs is 2. The van der Waals surface area contributed by atoms with Crippen LogP contribution < -0.4 is 0 Å². The molecule has 3 aliphatic heterocycles. The monoisotopic (exact) mass is 392 g/mol. The Bertz CT molecular complexity index is 903. The maximum Gasteiger partial charge on any atom is 0.338 e. The second-order valence-electron chi connectivity index (χ2n) is 10.4. The molecule has 0 radical (unpaired) electrons. The van der Waals surface area contributed by atoms with Crippen LogP contribution in [0.15, 0.2) is 30.3 Å². The minimum atomic E-state index is -0.258. The Morgan fingerprint density at radius 2 is 2.00 bits per heavy atom. The summed E-state index contributed by atoms with van der Waals surface area (Å²) in [5.74, 6) is 1.07. The van der Waals surface area contributed by atoms with Crippen molar-refractivity contribution in [1.82, 2.24) is 9.80 Å². The van der Waals surface area contributed by atoms with Crippen LogP contribution in [-0.4, -0.2) is 59.5 Å². The predicted octanol–water partition coefficient (Wildman–Crippen LogP) is 2.56. The van der Waals surface area contributed by atoms with Gasteiger partial charge in [-0.15, -0.1) is 0 Å². The van der Waals surface area contributed by atoms with Crippen LogP contribution in [0, 0.1) is 29.1 Å². The summed E-state index contributed by atoms with van der Waals surface area (Å²) in [6, 6.07) is 10.2. The van der Waals surface area contributed by atoms with E-state index in [1.165, 1.54) is 12.8 Å². The standard InChI is InChI=1S/C24H28N2O3/c1-25-10-8-16-20-21(27)19-15-11-14(12-17-24(15,20)9-7-18(25)26(16)17)22(19)29-23(28)13-5-3-2-4-6-13/h2-6,14-20,22H,7-12H2,1H3/t14?,15-,16-,17-,18?,19?,20+,22?,24+/m0/s1. The minimum Gasteiger partial charge on any atom is -0.458 e. The molecule has 3 saturated carbocycles. The van der Waals surface area contributed by atoms with Gasteiger partial charge in [0.2, 0.25) is 0 Å². The van der Waals surface area contributed by atoms with Crippen LogP contribution in [0.25, 0.3) is 0 Å². The van der Waals surface area contributed by atoms with Gasteiger partial charge in [0.15, 0.2) is 0 Å². The fourth-order valence-electron chi connectivity index (χ4n) is 8.94. The van der Waals surface area contributed by atoms with Crippen LogP contribution >= 0.6 is 0 Å². The fourth-order valence-corrected chi connectivity index (χ4v) is 8.94. The number of carbonyl (C=O) groups is 2. The van der Waals surface area contributed by atoms with Crippen LogP contribution in [0.3, 0.4) is 0 Å². The average molecular weight is 392 g/mol. The summed E-state index contributed by atoms with van der Waals surface area (Å²) in [6.07, 6.45) is 5.95. The Kier molecular flexibility index (Phi) is 3.22. The van der Waals surface area contributed by atoms with Crippen molar-refractivity contribution in [3.63, 3.8) is 0 Å². The summed E-state index contributed by atoms with van der Waals surface area (Å²) in [6.45, 7) is 1.10. The van der Waals surface area contributed by atoms with E-state index in [0.29, 0.717) is 41.4 Å². The predicted molar refractivity (Wildman–Crippen MR) is 106 cm³/mol. The van der Waals surface area contributed by atoms with Gasteiger partial charge in [0, 0.05) is 30.0 Å². The first-order valence-corrected chi connectivity index (χ1v) is 11.4. The van der Waals surface area contributed by atoms with Gasteiger partial charge < -0.3 is 4.74 Å². The van der Waals surface area contributed by atoms with Gasteiger partial charge in [-0.2, -0.15) is 0 Å². The molecule has 1 aromatic carbocycles. The highest BCUT2D eigenvalue weighted by Crippen LogP contribution is 2.74. The highest BCUT2D eigenvalue weighted by Gasteiger charge is 2.79. The van der Waals surface area contributed by atoms with Crippen LogP contribution in [0.5, 0.6) is 0 Å². The Morgan fingerprint density at radius 1 is 1.17 bits per heavy atom. The van der Waals surface area contributed by atoms with Crippen molar-refractivity contribution in [3.8, 4) is 0 Å². The Labute approximate surface area is 171 Å². The summed E-state index contributed by atoms with van der Waals surface area (Å²) < 4.78 is 6.13. The van der Waals surface area contributed by atoms with E-state index < -0.39 is 0 Å². The lowest BCUT2D eigenvalue weighted by molar-refractivity contribution is -0.129. The second kappa shape index (κ2) is 5.50. The molecule has 3 saturated heterocycles. The van der Waals surface area contributed by atoms with E-state index >= 15 is 0 Å². The molecule has 5 heteroatoms. The van der Waals surface area contributed by atoms with Gasteiger partial charge in [-0.1, -0.05) is 18.2 Å². The lowest BCUT2D eigenvalue weighted by Gasteiger charge is -2.55. The lowest BCUT2D eigenvalue weighted by atomic mass is 9.59. The molecule has 152 valence electrons. The quantitative estimate of drug-likeness (QED) is 0.724. The van der Waals surface area contributed by atoms with Gasteiger partial charge in [0.05, 0.1) is 17.6 Å². The molecule has 0 aromatic heterocycles. The highest BCUT2D eigenvalue weighted by atomic mass is 16.5. The molecule has 6 fully saturated rings. The number of rotatable bonds is 2. The molecule has 0 amide bonds. The molecule has 4 bridgehead atoms. The van der Waals surface area contributed by atoms with Gasteiger partial charge in [-0.05, 0) is 63.1 Å². The first-order valence-electron chi connectivity index (χ1n) is 11.4. The first kappa shape index (κ1) is 17.0. The third-order valence-corrected chi connectivity index (χ3v) is 9.71. The smallest absolute Gasteiger partial charge is 0.338 e. The molecule has 0 N–H and O–H groups in total. The summed E-state index contributed by atoms with van der Waals surface area (Å²) in [4.78, 5) is 32.0. The number of hydrogen-bond donors (Lipinski definition) is 0. The molecular formula is C24H28N2O3. The molecule has 29 heavy (non-hydrogen) atoms. The number of ether oxygens (including phenoxy) is 1. The van der Waals surface area contributed by atoms with Gasteiger partial charge >= 0.3 is 5.97 Å². The Hall–Kier alpha value is -1.72. The first-order chi connectivity index (χ1) is 14.1. The molecule has 6 aliphatic rings. The number of piperidine rings is 1. The number of Topliss-reactive ketones (excluding diaryl/α,β-unsaturated/α-hetero) is 1. The second-order valence-corrected chi connectivity index (χ2v) is 10.4. The van der Waals surface area contributed by atoms with Gasteiger partial charge in [-0.25, -0.2) is 4.79 Å². The van der Waals surface area contributed by atoms with E-state index in [-0.39, 0.29) is 29.3 Å². The molecular weight excluding hydrogens is 364 g/mol. The van der Waals surface area contributed by atoms with Crippen LogP contribution in [0.2, 0.25) is 0 Å². The lowest BCUT2D eigenvalue weighted by Crippen LogP contribution is -2.62. The summed E-state index contributed by atoms with van der Waals surface area (Å²) in [7, 11) is 2.25. The molecule has 1 aromatic rings. The zero-order chi connectivity index (χ0) is 19.5. The van der Waals surface area contributed by atoms with Crippen molar-refractivity contribution < 1.29 is 14.3 Å². The van der Waals surface area contributed by atoms with E-state index in [1.54, 1.807) is 0 Å². The number of nitrogens with zero attached hydrogens (tertiary/aromatic N) is 2. The Morgan fingerprint density at radius 3 is 2.83 bits per heavy atom. The summed E-state index contributed by atoms with van der Waals surface area (Å²) >= 11 is 0. The van der Waals surface area contributed by atoms with Crippen molar-refractivity contribution in [1.29, 1.82) is 0 Å². The number of hydrogen-bond acceptors (Lipinski definition) is 5. The number of ketones is 1. The molecule has 7 rings (SSSR count). The zero-order valence-corrected chi connectivity index (χ0v) is 16.9. The van der Waals surface area contributed by atoms with Crippen molar-refractivity contribution in [3.05, 3.63) is 35.9 Å². The van der Waals surface area contributed by atoms with E-state index in [2.05, 4.69) is 16.8 Å². The van der Waals surface area contributed by atoms with Crippen molar-refractivity contribution >= 4 is 11.8 Å². The number of benzene rings is 1.